The molecule has 5 rings (SSSR count). The molecule has 1 N–H and O–H groups in total. The number of nitrogens with one attached hydrogen (secondary N) is 1. The molecular formula is C23H19N3O3. The van der Waals surface area contributed by atoms with Crippen LogP contribution in [0.15, 0.2) is 71.4 Å². The van der Waals surface area contributed by atoms with E-state index < -0.39 is 5.41 Å². The monoisotopic (exact) mass is 385 g/mol. The predicted octanol–water partition coefficient (Wildman–Crippen LogP) is 4.57. The van der Waals surface area contributed by atoms with Crippen molar-refractivity contribution in [1.29, 1.82) is 0 Å². The molecule has 0 radical (unpaired) electrons. The Balaban J connectivity index is 1.39. The van der Waals surface area contributed by atoms with Crippen molar-refractivity contribution >= 4 is 22.5 Å². The van der Waals surface area contributed by atoms with Crippen LogP contribution in [-0.4, -0.2) is 23.2 Å². The maximum Gasteiger partial charge on any atom is 0.236 e. The van der Waals surface area contributed by atoms with Gasteiger partial charge in [-0.15, -0.1) is 0 Å². The van der Waals surface area contributed by atoms with E-state index in [4.69, 9.17) is 9.26 Å². The maximum absolute atomic E-state index is 13.1. The van der Waals surface area contributed by atoms with E-state index in [2.05, 4.69) is 15.5 Å². The number of hydrogen-bond acceptors (Lipinski definition) is 5. The number of carbonyl (C=O) groups excluding carboxylic acids is 1. The van der Waals surface area contributed by atoms with Crippen LogP contribution in [0.25, 0.3) is 22.2 Å². The standard InChI is InChI=1S/C23H19N3O3/c1-28-18-6-2-4-16(13-18)20-14-21(26-29-20)23(9-10-23)22(27)25-17-7-8-19-15(12-17)5-3-11-24-19/h2-8,11-14H,9-10H2,1H3,(H,25,27). The van der Waals surface area contributed by atoms with E-state index in [1.807, 2.05) is 60.7 Å². The Morgan fingerprint density at radius 3 is 2.83 bits per heavy atom. The molecule has 2 heterocycles. The zero-order chi connectivity index (χ0) is 19.8. The molecule has 1 aliphatic carbocycles. The predicted molar refractivity (Wildman–Crippen MR) is 110 cm³/mol. The highest BCUT2D eigenvalue weighted by Gasteiger charge is 2.53. The quantitative estimate of drug-likeness (QED) is 0.545. The van der Waals surface area contributed by atoms with E-state index in [9.17, 15) is 4.79 Å². The molecule has 1 amide bonds. The zero-order valence-electron chi connectivity index (χ0n) is 15.9. The Labute approximate surface area is 167 Å². The van der Waals surface area contributed by atoms with Crippen molar-refractivity contribution in [1.82, 2.24) is 10.1 Å². The number of rotatable bonds is 5. The van der Waals surface area contributed by atoms with Crippen LogP contribution in [0.4, 0.5) is 5.69 Å². The van der Waals surface area contributed by atoms with Crippen LogP contribution in [0.5, 0.6) is 5.75 Å². The minimum Gasteiger partial charge on any atom is -0.497 e. The first-order valence-electron chi connectivity index (χ1n) is 9.46. The molecule has 2 aromatic carbocycles. The second-order valence-electron chi connectivity index (χ2n) is 7.26. The summed E-state index contributed by atoms with van der Waals surface area (Å²) in [5, 5.41) is 8.23. The van der Waals surface area contributed by atoms with Gasteiger partial charge >= 0.3 is 0 Å². The average Bonchev–Trinajstić information content (AvgIpc) is 3.43. The Kier molecular flexibility index (Phi) is 4.05. The summed E-state index contributed by atoms with van der Waals surface area (Å²) in [6, 6.07) is 19.0. The minimum atomic E-state index is -0.634. The van der Waals surface area contributed by atoms with Crippen molar-refractivity contribution in [2.24, 2.45) is 0 Å². The van der Waals surface area contributed by atoms with Gasteiger partial charge in [0, 0.05) is 28.9 Å². The van der Waals surface area contributed by atoms with Gasteiger partial charge in [-0.3, -0.25) is 9.78 Å². The zero-order valence-corrected chi connectivity index (χ0v) is 15.9. The maximum atomic E-state index is 13.1. The second-order valence-corrected chi connectivity index (χ2v) is 7.26. The van der Waals surface area contributed by atoms with E-state index in [0.29, 0.717) is 11.5 Å². The van der Waals surface area contributed by atoms with Gasteiger partial charge in [-0.1, -0.05) is 23.4 Å². The molecule has 1 fully saturated rings. The molecule has 0 spiro atoms. The van der Waals surface area contributed by atoms with Gasteiger partial charge < -0.3 is 14.6 Å². The van der Waals surface area contributed by atoms with Gasteiger partial charge in [-0.25, -0.2) is 0 Å². The molecule has 1 saturated carbocycles. The highest BCUT2D eigenvalue weighted by atomic mass is 16.5. The molecule has 2 aromatic heterocycles. The number of anilines is 1. The molecule has 6 nitrogen and oxygen atoms in total. The molecule has 0 atom stereocenters. The number of ether oxygens (including phenoxy) is 1. The van der Waals surface area contributed by atoms with E-state index in [1.165, 1.54) is 0 Å². The molecule has 6 heteroatoms. The number of hydrogen-bond donors (Lipinski definition) is 1. The summed E-state index contributed by atoms with van der Waals surface area (Å²) in [7, 11) is 1.62. The second kappa shape index (κ2) is 6.74. The molecule has 29 heavy (non-hydrogen) atoms. The lowest BCUT2D eigenvalue weighted by molar-refractivity contribution is -0.118. The van der Waals surface area contributed by atoms with Crippen molar-refractivity contribution < 1.29 is 14.1 Å². The van der Waals surface area contributed by atoms with E-state index in [-0.39, 0.29) is 5.91 Å². The van der Waals surface area contributed by atoms with Crippen molar-refractivity contribution in [3.05, 3.63) is 72.6 Å². The molecular weight excluding hydrogens is 366 g/mol. The summed E-state index contributed by atoms with van der Waals surface area (Å²) in [5.74, 6) is 1.30. The number of carbonyl (C=O) groups is 1. The smallest absolute Gasteiger partial charge is 0.236 e. The van der Waals surface area contributed by atoms with Crippen LogP contribution >= 0.6 is 0 Å². The fourth-order valence-corrected chi connectivity index (χ4v) is 3.54. The Morgan fingerprint density at radius 1 is 1.10 bits per heavy atom. The molecule has 1 aliphatic rings. The number of amides is 1. The number of pyridine rings is 1. The summed E-state index contributed by atoms with van der Waals surface area (Å²) in [6.07, 6.45) is 3.25. The molecule has 0 bridgehead atoms. The van der Waals surface area contributed by atoms with Crippen LogP contribution in [0.1, 0.15) is 18.5 Å². The van der Waals surface area contributed by atoms with Crippen molar-refractivity contribution in [2.45, 2.75) is 18.3 Å². The number of fused-ring (bicyclic) bond motifs is 1. The van der Waals surface area contributed by atoms with E-state index in [0.717, 1.165) is 40.7 Å². The van der Waals surface area contributed by atoms with Gasteiger partial charge in [0.2, 0.25) is 5.91 Å². The molecule has 144 valence electrons. The normalized spacial score (nSPS) is 14.5. The van der Waals surface area contributed by atoms with Gasteiger partial charge in [0.15, 0.2) is 5.76 Å². The lowest BCUT2D eigenvalue weighted by Crippen LogP contribution is -2.28. The summed E-state index contributed by atoms with van der Waals surface area (Å²) in [4.78, 5) is 17.4. The first-order chi connectivity index (χ1) is 14.2. The van der Waals surface area contributed by atoms with Crippen molar-refractivity contribution in [3.8, 4) is 17.1 Å². The molecule has 0 unspecified atom stereocenters. The lowest BCUT2D eigenvalue weighted by Gasteiger charge is -2.13. The Bertz CT molecular complexity index is 1210. The van der Waals surface area contributed by atoms with Gasteiger partial charge in [-0.05, 0) is 49.2 Å². The first-order valence-corrected chi connectivity index (χ1v) is 9.46. The lowest BCUT2D eigenvalue weighted by atomic mass is 10.00. The third-order valence-electron chi connectivity index (χ3n) is 5.40. The number of aromatic nitrogens is 2. The topological polar surface area (TPSA) is 77.2 Å². The van der Waals surface area contributed by atoms with Crippen LogP contribution in [0, 0.1) is 0 Å². The van der Waals surface area contributed by atoms with Crippen LogP contribution in [-0.2, 0) is 10.2 Å². The van der Waals surface area contributed by atoms with Crippen molar-refractivity contribution in [2.75, 3.05) is 12.4 Å². The summed E-state index contributed by atoms with van der Waals surface area (Å²) in [6.45, 7) is 0. The van der Waals surface area contributed by atoms with Crippen LogP contribution in [0.3, 0.4) is 0 Å². The highest BCUT2D eigenvalue weighted by Crippen LogP contribution is 2.49. The fourth-order valence-electron chi connectivity index (χ4n) is 3.54. The minimum absolute atomic E-state index is 0.0637. The van der Waals surface area contributed by atoms with Crippen LogP contribution in [0.2, 0.25) is 0 Å². The molecule has 0 saturated heterocycles. The average molecular weight is 385 g/mol. The SMILES string of the molecule is COc1cccc(-c2cc(C3(C(=O)Nc4ccc5ncccc5c4)CC3)no2)c1. The molecule has 4 aromatic rings. The summed E-state index contributed by atoms with van der Waals surface area (Å²) < 4.78 is 10.8. The highest BCUT2D eigenvalue weighted by molar-refractivity contribution is 6.02. The largest absolute Gasteiger partial charge is 0.497 e. The fraction of sp³-hybridized carbons (Fsp3) is 0.174. The summed E-state index contributed by atoms with van der Waals surface area (Å²) in [5.41, 5.74) is 2.53. The van der Waals surface area contributed by atoms with Gasteiger partial charge in [0.05, 0.1) is 23.7 Å². The first kappa shape index (κ1) is 17.4. The van der Waals surface area contributed by atoms with E-state index >= 15 is 0 Å². The summed E-state index contributed by atoms with van der Waals surface area (Å²) >= 11 is 0. The van der Waals surface area contributed by atoms with Gasteiger partial charge in [0.25, 0.3) is 0 Å². The third kappa shape index (κ3) is 3.12. The van der Waals surface area contributed by atoms with Gasteiger partial charge in [0.1, 0.15) is 5.75 Å². The van der Waals surface area contributed by atoms with E-state index in [1.54, 1.807) is 13.3 Å². The third-order valence-corrected chi connectivity index (χ3v) is 5.40. The number of methoxy groups -OCH3 is 1. The Hall–Kier alpha value is -3.67. The van der Waals surface area contributed by atoms with Gasteiger partial charge in [-0.2, -0.15) is 0 Å². The Morgan fingerprint density at radius 2 is 2.00 bits per heavy atom. The molecule has 0 aliphatic heterocycles. The van der Waals surface area contributed by atoms with Crippen LogP contribution < -0.4 is 10.1 Å². The number of nitrogens with zero attached hydrogens (tertiary/aromatic N) is 2. The van der Waals surface area contributed by atoms with Crippen molar-refractivity contribution in [3.63, 3.8) is 0 Å². The number of benzene rings is 2.